The summed E-state index contributed by atoms with van der Waals surface area (Å²) >= 11 is 0. The van der Waals surface area contributed by atoms with Crippen LogP contribution in [-0.4, -0.2) is 26.6 Å². The zero-order chi connectivity index (χ0) is 14.4. The highest BCUT2D eigenvalue weighted by atomic mass is 32.2. The minimum atomic E-state index is -2.94. The van der Waals surface area contributed by atoms with Gasteiger partial charge in [-0.05, 0) is 24.7 Å². The van der Waals surface area contributed by atoms with Crippen molar-refractivity contribution in [2.24, 2.45) is 5.41 Å². The first-order valence-electron chi connectivity index (χ1n) is 7.80. The van der Waals surface area contributed by atoms with E-state index in [4.69, 9.17) is 0 Å². The maximum Gasteiger partial charge on any atom is 0.163 e. The van der Waals surface area contributed by atoms with Crippen molar-refractivity contribution in [1.29, 1.82) is 0 Å². The second-order valence-corrected chi connectivity index (χ2v) is 8.79. The van der Waals surface area contributed by atoms with Gasteiger partial charge >= 0.3 is 0 Å². The maximum atomic E-state index is 11.6. The number of rotatable bonds is 7. The Morgan fingerprint density at radius 1 is 1.21 bits per heavy atom. The monoisotopic (exact) mass is 289 g/mol. The van der Waals surface area contributed by atoms with Crippen LogP contribution >= 0.6 is 0 Å². The standard InChI is InChI=1S/C15H31NO2S/c1-4-5-6-7-8-11-15(2)12-9-10-14(16-13-15)19(3,17)18/h14,16H,4-13H2,1-3H3. The quantitative estimate of drug-likeness (QED) is 0.730. The van der Waals surface area contributed by atoms with Crippen molar-refractivity contribution >= 4 is 9.84 Å². The molecule has 1 saturated heterocycles. The highest BCUT2D eigenvalue weighted by Crippen LogP contribution is 2.33. The second-order valence-electron chi connectivity index (χ2n) is 6.57. The Kier molecular flexibility index (Phi) is 6.81. The third kappa shape index (κ3) is 6.26. The molecular weight excluding hydrogens is 258 g/mol. The molecule has 0 aromatic heterocycles. The van der Waals surface area contributed by atoms with Gasteiger partial charge in [0.05, 0.1) is 0 Å². The van der Waals surface area contributed by atoms with Crippen LogP contribution in [0.2, 0.25) is 0 Å². The Balaban J connectivity index is 2.37. The lowest BCUT2D eigenvalue weighted by Crippen LogP contribution is -2.39. The lowest BCUT2D eigenvalue weighted by molar-refractivity contribution is 0.261. The normalized spacial score (nSPS) is 29.1. The van der Waals surface area contributed by atoms with Crippen LogP contribution in [0.15, 0.2) is 0 Å². The third-order valence-electron chi connectivity index (χ3n) is 4.40. The summed E-state index contributed by atoms with van der Waals surface area (Å²) in [6, 6.07) is 0. The Morgan fingerprint density at radius 3 is 2.53 bits per heavy atom. The summed E-state index contributed by atoms with van der Waals surface area (Å²) in [5.74, 6) is 0. The van der Waals surface area contributed by atoms with E-state index in [-0.39, 0.29) is 10.8 Å². The molecule has 1 rings (SSSR count). The maximum absolute atomic E-state index is 11.6. The highest BCUT2D eigenvalue weighted by Gasteiger charge is 2.31. The zero-order valence-electron chi connectivity index (χ0n) is 12.9. The predicted molar refractivity (Wildman–Crippen MR) is 82.0 cm³/mol. The molecular formula is C15H31NO2S. The highest BCUT2D eigenvalue weighted by molar-refractivity contribution is 7.91. The molecule has 0 amide bonds. The van der Waals surface area contributed by atoms with Crippen molar-refractivity contribution in [2.45, 2.75) is 77.0 Å². The van der Waals surface area contributed by atoms with Crippen LogP contribution in [0.1, 0.15) is 71.6 Å². The second kappa shape index (κ2) is 7.63. The molecule has 0 saturated carbocycles. The number of nitrogens with one attached hydrogen (secondary N) is 1. The summed E-state index contributed by atoms with van der Waals surface area (Å²) < 4.78 is 23.2. The van der Waals surface area contributed by atoms with Crippen molar-refractivity contribution < 1.29 is 8.42 Å². The molecule has 0 aliphatic carbocycles. The summed E-state index contributed by atoms with van der Waals surface area (Å²) in [4.78, 5) is 0. The molecule has 0 radical (unpaired) electrons. The number of hydrogen-bond acceptors (Lipinski definition) is 3. The van der Waals surface area contributed by atoms with Crippen LogP contribution < -0.4 is 5.32 Å². The van der Waals surface area contributed by atoms with Gasteiger partial charge in [0.2, 0.25) is 0 Å². The van der Waals surface area contributed by atoms with E-state index in [9.17, 15) is 8.42 Å². The van der Waals surface area contributed by atoms with Crippen molar-refractivity contribution in [1.82, 2.24) is 5.32 Å². The van der Waals surface area contributed by atoms with Gasteiger partial charge in [0.1, 0.15) is 5.37 Å². The fourth-order valence-corrected chi connectivity index (χ4v) is 3.98. The molecule has 0 aromatic carbocycles. The Hall–Kier alpha value is -0.0900. The SMILES string of the molecule is CCCCCCCC1(C)CCCC(S(C)(=O)=O)NC1. The summed E-state index contributed by atoms with van der Waals surface area (Å²) in [5, 5.41) is 2.95. The van der Waals surface area contributed by atoms with Crippen LogP contribution in [0.4, 0.5) is 0 Å². The molecule has 1 heterocycles. The lowest BCUT2D eigenvalue weighted by Gasteiger charge is -2.28. The van der Waals surface area contributed by atoms with E-state index < -0.39 is 9.84 Å². The van der Waals surface area contributed by atoms with Gasteiger partial charge in [-0.1, -0.05) is 52.4 Å². The molecule has 0 aromatic rings. The van der Waals surface area contributed by atoms with Crippen molar-refractivity contribution in [3.63, 3.8) is 0 Å². The average Bonchev–Trinajstić information content (AvgIpc) is 2.51. The molecule has 3 nitrogen and oxygen atoms in total. The van der Waals surface area contributed by atoms with Gasteiger partial charge in [-0.2, -0.15) is 0 Å². The molecule has 19 heavy (non-hydrogen) atoms. The van der Waals surface area contributed by atoms with E-state index in [1.165, 1.54) is 44.8 Å². The lowest BCUT2D eigenvalue weighted by atomic mass is 9.80. The van der Waals surface area contributed by atoms with Crippen molar-refractivity contribution in [3.05, 3.63) is 0 Å². The van der Waals surface area contributed by atoms with Crippen LogP contribution in [0, 0.1) is 5.41 Å². The minimum Gasteiger partial charge on any atom is -0.301 e. The molecule has 1 N–H and O–H groups in total. The number of hydrogen-bond donors (Lipinski definition) is 1. The molecule has 0 bridgehead atoms. The Labute approximate surface area is 119 Å². The largest absolute Gasteiger partial charge is 0.301 e. The summed E-state index contributed by atoms with van der Waals surface area (Å²) in [7, 11) is -2.94. The van der Waals surface area contributed by atoms with Gasteiger partial charge in [0.15, 0.2) is 9.84 Å². The van der Waals surface area contributed by atoms with Crippen molar-refractivity contribution in [3.8, 4) is 0 Å². The summed E-state index contributed by atoms with van der Waals surface area (Å²) in [6.07, 6.45) is 12.1. The van der Waals surface area contributed by atoms with Gasteiger partial charge in [0, 0.05) is 12.8 Å². The van der Waals surface area contributed by atoms with E-state index in [1.807, 2.05) is 0 Å². The molecule has 0 spiro atoms. The van der Waals surface area contributed by atoms with Gasteiger partial charge in [0.25, 0.3) is 0 Å². The fraction of sp³-hybridized carbons (Fsp3) is 1.00. The fourth-order valence-electron chi connectivity index (χ4n) is 3.00. The molecule has 2 atom stereocenters. The first-order valence-corrected chi connectivity index (χ1v) is 9.75. The van der Waals surface area contributed by atoms with Crippen LogP contribution in [-0.2, 0) is 9.84 Å². The van der Waals surface area contributed by atoms with Crippen LogP contribution in [0.25, 0.3) is 0 Å². The predicted octanol–water partition coefficient (Wildman–Crippen LogP) is 3.50. The molecule has 1 aliphatic heterocycles. The summed E-state index contributed by atoms with van der Waals surface area (Å²) in [5.41, 5.74) is 0.283. The zero-order valence-corrected chi connectivity index (χ0v) is 13.7. The van der Waals surface area contributed by atoms with Crippen molar-refractivity contribution in [2.75, 3.05) is 12.8 Å². The van der Waals surface area contributed by atoms with Crippen LogP contribution in [0.3, 0.4) is 0 Å². The smallest absolute Gasteiger partial charge is 0.163 e. The molecule has 4 heteroatoms. The first-order chi connectivity index (χ1) is 8.87. The Morgan fingerprint density at radius 2 is 1.89 bits per heavy atom. The minimum absolute atomic E-state index is 0.283. The van der Waals surface area contributed by atoms with E-state index in [1.54, 1.807) is 0 Å². The van der Waals surface area contributed by atoms with Gasteiger partial charge in [-0.15, -0.1) is 0 Å². The average molecular weight is 289 g/mol. The molecule has 1 fully saturated rings. The number of unbranched alkanes of at least 4 members (excludes halogenated alkanes) is 4. The molecule has 2 unspecified atom stereocenters. The van der Waals surface area contributed by atoms with Gasteiger partial charge in [-0.25, -0.2) is 8.42 Å². The molecule has 114 valence electrons. The van der Waals surface area contributed by atoms with Gasteiger partial charge in [-0.3, -0.25) is 0 Å². The van der Waals surface area contributed by atoms with E-state index in [2.05, 4.69) is 19.2 Å². The van der Waals surface area contributed by atoms with E-state index in [0.29, 0.717) is 0 Å². The van der Waals surface area contributed by atoms with Crippen LogP contribution in [0.5, 0.6) is 0 Å². The first kappa shape index (κ1) is 17.0. The third-order valence-corrected chi connectivity index (χ3v) is 5.84. The topological polar surface area (TPSA) is 46.2 Å². The Bertz CT molecular complexity index is 353. The van der Waals surface area contributed by atoms with Gasteiger partial charge < -0.3 is 5.32 Å². The van der Waals surface area contributed by atoms with E-state index in [0.717, 1.165) is 25.8 Å². The summed E-state index contributed by atoms with van der Waals surface area (Å²) in [6.45, 7) is 5.39. The molecule has 1 aliphatic rings. The number of sulfone groups is 1. The van der Waals surface area contributed by atoms with E-state index >= 15 is 0 Å².